The zero-order chi connectivity index (χ0) is 17.1. The predicted molar refractivity (Wildman–Crippen MR) is 58.2 cm³/mol. The van der Waals surface area contributed by atoms with E-state index >= 15 is 0 Å². The molecule has 0 aliphatic rings. The van der Waals surface area contributed by atoms with E-state index in [0.29, 0.717) is 6.07 Å². The van der Waals surface area contributed by atoms with Crippen molar-refractivity contribution < 1.29 is 45.3 Å². The number of carbonyl (C=O) groups is 1. The molecule has 1 aromatic rings. The van der Waals surface area contributed by atoms with E-state index in [0.717, 1.165) is 14.2 Å². The molecule has 1 aromatic heterocycles. The molecule has 0 fully saturated rings. The highest BCUT2D eigenvalue weighted by Gasteiger charge is 2.39. The first-order valence-electron chi connectivity index (χ1n) is 5.45. The Bertz CT molecular complexity index is 555. The fraction of sp³-hybridized carbons (Fsp3) is 0.455. The minimum atomic E-state index is -5.21. The van der Waals surface area contributed by atoms with Gasteiger partial charge >= 0.3 is 18.5 Å². The Morgan fingerprint density at radius 1 is 1.14 bits per heavy atom. The monoisotopic (exact) mass is 333 g/mol. The van der Waals surface area contributed by atoms with Gasteiger partial charge in [0.25, 0.3) is 0 Å². The summed E-state index contributed by atoms with van der Waals surface area (Å²) in [5.74, 6) is -3.39. The number of hydrogen-bond donors (Lipinski definition) is 0. The van der Waals surface area contributed by atoms with Crippen molar-refractivity contribution in [3.05, 3.63) is 17.2 Å². The van der Waals surface area contributed by atoms with Crippen molar-refractivity contribution in [3.63, 3.8) is 0 Å². The average Bonchev–Trinajstić information content (AvgIpc) is 2.37. The highest BCUT2D eigenvalue weighted by atomic mass is 19.4. The lowest BCUT2D eigenvalue weighted by atomic mass is 10.1. The van der Waals surface area contributed by atoms with E-state index in [-0.39, 0.29) is 0 Å². The number of halogens is 6. The first-order chi connectivity index (χ1) is 9.97. The molecule has 0 saturated carbocycles. The van der Waals surface area contributed by atoms with Crippen LogP contribution in [0, 0.1) is 0 Å². The van der Waals surface area contributed by atoms with Gasteiger partial charge in [-0.2, -0.15) is 18.2 Å². The normalized spacial score (nSPS) is 12.0. The van der Waals surface area contributed by atoms with Crippen LogP contribution in [0.25, 0.3) is 0 Å². The van der Waals surface area contributed by atoms with Gasteiger partial charge in [-0.3, -0.25) is 4.79 Å². The molecule has 0 N–H and O–H groups in total. The van der Waals surface area contributed by atoms with Crippen molar-refractivity contribution in [1.82, 2.24) is 4.98 Å². The van der Waals surface area contributed by atoms with Crippen LogP contribution in [0.5, 0.6) is 11.8 Å². The number of pyridine rings is 1. The van der Waals surface area contributed by atoms with Crippen molar-refractivity contribution in [2.45, 2.75) is 19.0 Å². The molecule has 0 aliphatic carbocycles. The molecule has 1 heterocycles. The van der Waals surface area contributed by atoms with Gasteiger partial charge in [-0.15, -0.1) is 13.2 Å². The second kappa shape index (κ2) is 6.28. The molecule has 5 nitrogen and oxygen atoms in total. The lowest BCUT2D eigenvalue weighted by molar-refractivity contribution is -0.276. The highest BCUT2D eigenvalue weighted by molar-refractivity contribution is 5.73. The van der Waals surface area contributed by atoms with E-state index in [9.17, 15) is 31.1 Å². The van der Waals surface area contributed by atoms with Gasteiger partial charge < -0.3 is 14.2 Å². The molecule has 11 heteroatoms. The smallest absolute Gasteiger partial charge is 0.480 e. The van der Waals surface area contributed by atoms with Gasteiger partial charge in [-0.1, -0.05) is 0 Å². The summed E-state index contributed by atoms with van der Waals surface area (Å²) < 4.78 is 87.3. The van der Waals surface area contributed by atoms with Gasteiger partial charge in [0.2, 0.25) is 11.8 Å². The van der Waals surface area contributed by atoms with Crippen LogP contribution in [-0.4, -0.2) is 31.5 Å². The average molecular weight is 333 g/mol. The van der Waals surface area contributed by atoms with E-state index in [2.05, 4.69) is 19.2 Å². The summed E-state index contributed by atoms with van der Waals surface area (Å²) in [6.45, 7) is 0. The Morgan fingerprint density at radius 3 is 2.14 bits per heavy atom. The minimum Gasteiger partial charge on any atom is -0.480 e. The number of alkyl halides is 6. The standard InChI is InChI=1S/C11H9F6NO4/c1-20-7(19)4-5-3-6(10(12,13)14)9(21-2)18-8(5)22-11(15,16)17/h3H,4H2,1-2H3. The van der Waals surface area contributed by atoms with Crippen molar-refractivity contribution >= 4 is 5.97 Å². The maximum Gasteiger partial charge on any atom is 0.574 e. The Morgan fingerprint density at radius 2 is 1.73 bits per heavy atom. The van der Waals surface area contributed by atoms with Crippen molar-refractivity contribution in [3.8, 4) is 11.8 Å². The molecule has 0 radical (unpaired) electrons. The zero-order valence-corrected chi connectivity index (χ0v) is 11.1. The summed E-state index contributed by atoms with van der Waals surface area (Å²) in [4.78, 5) is 14.2. The summed E-state index contributed by atoms with van der Waals surface area (Å²) >= 11 is 0. The maximum atomic E-state index is 12.8. The molecule has 0 bridgehead atoms. The minimum absolute atomic E-state index is 0.295. The molecule has 1 rings (SSSR count). The molecule has 0 saturated heterocycles. The summed E-state index contributed by atoms with van der Waals surface area (Å²) in [6.07, 6.45) is -11.0. The third-order valence-corrected chi connectivity index (χ3v) is 2.30. The number of esters is 1. The van der Waals surface area contributed by atoms with Crippen LogP contribution in [0.3, 0.4) is 0 Å². The van der Waals surface area contributed by atoms with Gasteiger partial charge in [0.1, 0.15) is 5.56 Å². The fourth-order valence-electron chi connectivity index (χ4n) is 1.43. The number of nitrogens with zero attached hydrogens (tertiary/aromatic N) is 1. The first kappa shape index (κ1) is 17.9. The van der Waals surface area contributed by atoms with Crippen molar-refractivity contribution in [2.75, 3.05) is 14.2 Å². The maximum absolute atomic E-state index is 12.8. The Hall–Kier alpha value is -2.20. The summed E-state index contributed by atoms with van der Waals surface area (Å²) in [6, 6.07) is 0.295. The summed E-state index contributed by atoms with van der Waals surface area (Å²) in [5, 5.41) is 0. The summed E-state index contributed by atoms with van der Waals surface area (Å²) in [7, 11) is 1.73. The third kappa shape index (κ3) is 4.67. The van der Waals surface area contributed by atoms with Crippen LogP contribution in [0.15, 0.2) is 6.07 Å². The Kier molecular flexibility index (Phi) is 5.09. The first-order valence-corrected chi connectivity index (χ1v) is 5.45. The second-order valence-electron chi connectivity index (χ2n) is 3.81. The number of hydrogen-bond acceptors (Lipinski definition) is 5. The third-order valence-electron chi connectivity index (χ3n) is 2.30. The van der Waals surface area contributed by atoms with E-state index in [1.165, 1.54) is 0 Å². The molecular weight excluding hydrogens is 324 g/mol. The fourth-order valence-corrected chi connectivity index (χ4v) is 1.43. The quantitative estimate of drug-likeness (QED) is 0.626. The Balaban J connectivity index is 3.43. The molecular formula is C11H9F6NO4. The van der Waals surface area contributed by atoms with Crippen molar-refractivity contribution in [1.29, 1.82) is 0 Å². The summed E-state index contributed by atoms with van der Waals surface area (Å²) in [5.41, 5.74) is -2.18. The lowest BCUT2D eigenvalue weighted by Gasteiger charge is -2.16. The largest absolute Gasteiger partial charge is 0.574 e. The van der Waals surface area contributed by atoms with Gasteiger partial charge in [0.15, 0.2) is 0 Å². The molecule has 0 amide bonds. The van der Waals surface area contributed by atoms with Crippen molar-refractivity contribution in [2.24, 2.45) is 0 Å². The van der Waals surface area contributed by atoms with E-state index in [4.69, 9.17) is 0 Å². The Labute approximate surface area is 119 Å². The SMILES string of the molecule is COC(=O)Cc1cc(C(F)(F)F)c(OC)nc1OC(F)(F)F. The van der Waals surface area contributed by atoms with Gasteiger partial charge in [0.05, 0.1) is 20.6 Å². The van der Waals surface area contributed by atoms with E-state index in [1.807, 2.05) is 0 Å². The molecule has 0 aliphatic heterocycles. The molecule has 0 spiro atoms. The van der Waals surface area contributed by atoms with E-state index < -0.39 is 47.8 Å². The van der Waals surface area contributed by atoms with E-state index in [1.54, 1.807) is 0 Å². The van der Waals surface area contributed by atoms with Crippen LogP contribution in [0.1, 0.15) is 11.1 Å². The van der Waals surface area contributed by atoms with Crippen LogP contribution in [0.2, 0.25) is 0 Å². The topological polar surface area (TPSA) is 57.7 Å². The number of carbonyl (C=O) groups excluding carboxylic acids is 1. The molecule has 0 unspecified atom stereocenters. The molecule has 0 atom stereocenters. The van der Waals surface area contributed by atoms with Crippen LogP contribution in [0.4, 0.5) is 26.3 Å². The number of ether oxygens (including phenoxy) is 3. The van der Waals surface area contributed by atoms with Gasteiger partial charge in [-0.05, 0) is 6.07 Å². The van der Waals surface area contributed by atoms with Gasteiger partial charge in [0, 0.05) is 5.56 Å². The molecule has 0 aromatic carbocycles. The van der Waals surface area contributed by atoms with Crippen LogP contribution >= 0.6 is 0 Å². The highest BCUT2D eigenvalue weighted by Crippen LogP contribution is 2.39. The van der Waals surface area contributed by atoms with Crippen LogP contribution < -0.4 is 9.47 Å². The zero-order valence-electron chi connectivity index (χ0n) is 11.1. The number of methoxy groups -OCH3 is 2. The number of rotatable bonds is 4. The lowest BCUT2D eigenvalue weighted by Crippen LogP contribution is -2.21. The van der Waals surface area contributed by atoms with Crippen LogP contribution in [-0.2, 0) is 22.1 Å². The van der Waals surface area contributed by atoms with Gasteiger partial charge in [-0.25, -0.2) is 0 Å². The second-order valence-corrected chi connectivity index (χ2v) is 3.81. The number of aromatic nitrogens is 1. The molecule has 124 valence electrons. The predicted octanol–water partition coefficient (Wildman–Crippen LogP) is 2.72. The molecule has 22 heavy (non-hydrogen) atoms.